The average Bonchev–Trinajstić information content (AvgIpc) is 2.90. The maximum Gasteiger partial charge on any atom is 0.0563 e. The van der Waals surface area contributed by atoms with E-state index in [4.69, 9.17) is 0 Å². The van der Waals surface area contributed by atoms with Crippen molar-refractivity contribution in [3.05, 3.63) is 82.8 Å². The minimum absolute atomic E-state index is 0.644. The van der Waals surface area contributed by atoms with Crippen molar-refractivity contribution in [2.75, 3.05) is 0 Å². The molecular weight excluding hydrogens is 228 g/mol. The molecule has 0 heteroatoms. The van der Waals surface area contributed by atoms with Crippen LogP contribution in [0.4, 0.5) is 0 Å². The summed E-state index contributed by atoms with van der Waals surface area (Å²) in [5.74, 6) is 1.98. The lowest BCUT2D eigenvalue weighted by molar-refractivity contribution is 0.733. The number of hydrogen-bond acceptors (Lipinski definition) is 0. The summed E-state index contributed by atoms with van der Waals surface area (Å²) in [6, 6.07) is 17.6. The molecule has 0 aromatic heterocycles. The van der Waals surface area contributed by atoms with Crippen molar-refractivity contribution >= 4 is 6.08 Å². The summed E-state index contributed by atoms with van der Waals surface area (Å²) in [5, 5.41) is 0. The highest BCUT2D eigenvalue weighted by Gasteiger charge is 2.19. The van der Waals surface area contributed by atoms with Gasteiger partial charge >= 0.3 is 0 Å². The maximum absolute atomic E-state index is 2.28. The van der Waals surface area contributed by atoms with Crippen molar-refractivity contribution in [2.45, 2.75) is 26.2 Å². The van der Waals surface area contributed by atoms with E-state index in [0.29, 0.717) is 5.92 Å². The van der Waals surface area contributed by atoms with Gasteiger partial charge in [-0.15, -0.1) is 0 Å². The normalized spacial score (nSPS) is 15.5. The van der Waals surface area contributed by atoms with Crippen LogP contribution in [-0.4, -0.2) is 0 Å². The van der Waals surface area contributed by atoms with Crippen molar-refractivity contribution in [1.82, 2.24) is 0 Å². The zero-order valence-corrected chi connectivity index (χ0v) is 11.6. The second kappa shape index (κ2) is 5.05. The molecule has 95 valence electrons. The van der Waals surface area contributed by atoms with Crippen molar-refractivity contribution in [1.29, 1.82) is 0 Å². The van der Waals surface area contributed by atoms with Crippen LogP contribution in [0.2, 0.25) is 0 Å². The minimum Gasteiger partial charge on any atom is -0.0674 e. The van der Waals surface area contributed by atoms with Gasteiger partial charge in [-0.05, 0) is 34.6 Å². The molecule has 1 aliphatic rings. The quantitative estimate of drug-likeness (QED) is 0.699. The first kappa shape index (κ1) is 12.2. The molecule has 0 saturated heterocycles. The average molecular weight is 247 g/mol. The third-order valence-electron chi connectivity index (χ3n) is 4.08. The Morgan fingerprint density at radius 1 is 0.895 bits per heavy atom. The van der Waals surface area contributed by atoms with E-state index in [0.717, 1.165) is 0 Å². The maximum atomic E-state index is 2.28. The molecule has 3 rings (SSSR count). The highest BCUT2D eigenvalue weighted by Crippen LogP contribution is 2.34. The molecule has 1 unspecified atom stereocenters. The van der Waals surface area contributed by atoms with Crippen molar-refractivity contribution in [3.8, 4) is 0 Å². The first-order chi connectivity index (χ1) is 9.29. The van der Waals surface area contributed by atoms with E-state index in [1.807, 2.05) is 0 Å². The predicted octanol–water partition coefficient (Wildman–Crippen LogP) is 5.20. The molecular formula is C19H19. The van der Waals surface area contributed by atoms with Crippen LogP contribution in [0.25, 0.3) is 6.08 Å². The van der Waals surface area contributed by atoms with E-state index in [2.05, 4.69) is 74.5 Å². The zero-order valence-electron chi connectivity index (χ0n) is 11.6. The van der Waals surface area contributed by atoms with Gasteiger partial charge in [0, 0.05) is 0 Å². The third-order valence-corrected chi connectivity index (χ3v) is 4.08. The molecule has 0 nitrogen and oxygen atoms in total. The SMILES string of the molecule is CCC(C)c1ccc([C]2C=Cc3ccccc32)cc1. The summed E-state index contributed by atoms with van der Waals surface area (Å²) in [7, 11) is 0. The van der Waals surface area contributed by atoms with Crippen molar-refractivity contribution < 1.29 is 0 Å². The first-order valence-corrected chi connectivity index (χ1v) is 7.04. The minimum atomic E-state index is 0.644. The summed E-state index contributed by atoms with van der Waals surface area (Å²) in [6.45, 7) is 4.52. The number of benzene rings is 2. The van der Waals surface area contributed by atoms with E-state index < -0.39 is 0 Å². The Morgan fingerprint density at radius 2 is 1.63 bits per heavy atom. The van der Waals surface area contributed by atoms with Crippen LogP contribution in [0, 0.1) is 5.92 Å². The molecule has 1 aliphatic carbocycles. The van der Waals surface area contributed by atoms with Gasteiger partial charge < -0.3 is 0 Å². The molecule has 19 heavy (non-hydrogen) atoms. The number of fused-ring (bicyclic) bond motifs is 1. The van der Waals surface area contributed by atoms with Gasteiger partial charge in [-0.3, -0.25) is 0 Å². The number of allylic oxidation sites excluding steroid dienone is 1. The second-order valence-electron chi connectivity index (χ2n) is 5.27. The fraction of sp³-hybridized carbons (Fsp3) is 0.211. The molecule has 0 N–H and O–H groups in total. The number of hydrogen-bond donors (Lipinski definition) is 0. The Balaban J connectivity index is 1.91. The summed E-state index contributed by atoms with van der Waals surface area (Å²) < 4.78 is 0. The Labute approximate surface area is 115 Å². The molecule has 0 fully saturated rings. The Morgan fingerprint density at radius 3 is 2.37 bits per heavy atom. The molecule has 0 spiro atoms. The van der Waals surface area contributed by atoms with Gasteiger partial charge in [-0.2, -0.15) is 0 Å². The van der Waals surface area contributed by atoms with E-state index >= 15 is 0 Å². The van der Waals surface area contributed by atoms with Crippen LogP contribution in [0.5, 0.6) is 0 Å². The fourth-order valence-electron chi connectivity index (χ4n) is 2.63. The summed E-state index contributed by atoms with van der Waals surface area (Å²) in [5.41, 5.74) is 5.41. The van der Waals surface area contributed by atoms with E-state index in [-0.39, 0.29) is 0 Å². The van der Waals surface area contributed by atoms with Gasteiger partial charge in [0.15, 0.2) is 0 Å². The summed E-state index contributed by atoms with van der Waals surface area (Å²) >= 11 is 0. The van der Waals surface area contributed by atoms with E-state index in [1.54, 1.807) is 0 Å². The molecule has 2 aromatic carbocycles. The third kappa shape index (κ3) is 2.23. The Kier molecular flexibility index (Phi) is 3.25. The lowest BCUT2D eigenvalue weighted by atomic mass is 9.90. The summed E-state index contributed by atoms with van der Waals surface area (Å²) in [4.78, 5) is 0. The van der Waals surface area contributed by atoms with Gasteiger partial charge in [0.1, 0.15) is 0 Å². The van der Waals surface area contributed by atoms with Crippen molar-refractivity contribution in [3.63, 3.8) is 0 Å². The van der Waals surface area contributed by atoms with Crippen LogP contribution in [-0.2, 0) is 0 Å². The molecule has 2 aromatic rings. The molecule has 1 radical (unpaired) electrons. The van der Waals surface area contributed by atoms with Crippen LogP contribution >= 0.6 is 0 Å². The Bertz CT molecular complexity index is 590. The molecule has 0 amide bonds. The molecule has 0 saturated carbocycles. The largest absolute Gasteiger partial charge is 0.0674 e. The van der Waals surface area contributed by atoms with E-state index in [9.17, 15) is 0 Å². The lowest BCUT2D eigenvalue weighted by Crippen LogP contribution is -1.98. The predicted molar refractivity (Wildman–Crippen MR) is 82.1 cm³/mol. The smallest absolute Gasteiger partial charge is 0.0563 e. The van der Waals surface area contributed by atoms with Crippen LogP contribution in [0.3, 0.4) is 0 Å². The van der Waals surface area contributed by atoms with Gasteiger partial charge in [0.05, 0.1) is 5.92 Å². The molecule has 0 heterocycles. The highest BCUT2D eigenvalue weighted by molar-refractivity contribution is 5.73. The van der Waals surface area contributed by atoms with E-state index in [1.165, 1.54) is 34.6 Å². The standard InChI is InChI=1S/C19H19/c1-3-14(2)15-8-10-17(11-9-15)19-13-12-16-6-4-5-7-18(16)19/h4-14H,3H2,1-2H3. The van der Waals surface area contributed by atoms with Gasteiger partial charge in [0.25, 0.3) is 0 Å². The van der Waals surface area contributed by atoms with Crippen molar-refractivity contribution in [2.24, 2.45) is 0 Å². The fourth-order valence-corrected chi connectivity index (χ4v) is 2.63. The topological polar surface area (TPSA) is 0 Å². The Hall–Kier alpha value is -1.82. The molecule has 0 bridgehead atoms. The zero-order chi connectivity index (χ0) is 13.2. The van der Waals surface area contributed by atoms with Crippen LogP contribution in [0.1, 0.15) is 48.4 Å². The summed E-state index contributed by atoms with van der Waals surface area (Å²) in [6.07, 6.45) is 5.62. The molecule has 1 atom stereocenters. The number of rotatable bonds is 3. The lowest BCUT2D eigenvalue weighted by Gasteiger charge is -2.13. The highest BCUT2D eigenvalue weighted by atomic mass is 14.2. The first-order valence-electron chi connectivity index (χ1n) is 7.04. The van der Waals surface area contributed by atoms with Crippen LogP contribution < -0.4 is 0 Å². The monoisotopic (exact) mass is 247 g/mol. The van der Waals surface area contributed by atoms with Gasteiger partial charge in [0.2, 0.25) is 0 Å². The second-order valence-corrected chi connectivity index (χ2v) is 5.27. The molecule has 0 aliphatic heterocycles. The van der Waals surface area contributed by atoms with Gasteiger partial charge in [-0.25, -0.2) is 0 Å². The van der Waals surface area contributed by atoms with Gasteiger partial charge in [-0.1, -0.05) is 74.5 Å². The van der Waals surface area contributed by atoms with Crippen LogP contribution in [0.15, 0.2) is 54.6 Å².